The van der Waals surface area contributed by atoms with Crippen LogP contribution in [0.5, 0.6) is 0 Å². The molecule has 1 atom stereocenters. The molecule has 1 N–H and O–H groups in total. The molecule has 0 radical (unpaired) electrons. The van der Waals surface area contributed by atoms with Crippen LogP contribution in [0.1, 0.15) is 18.0 Å². The second-order valence-corrected chi connectivity index (χ2v) is 8.63. The summed E-state index contributed by atoms with van der Waals surface area (Å²) in [4.78, 5) is 41.3. The number of amides is 1. The van der Waals surface area contributed by atoms with Crippen molar-refractivity contribution in [2.75, 3.05) is 11.1 Å². The van der Waals surface area contributed by atoms with Crippen LogP contribution in [0.2, 0.25) is 0 Å². The van der Waals surface area contributed by atoms with Gasteiger partial charge in [-0.05, 0) is 24.6 Å². The molecule has 1 aliphatic heterocycles. The molecule has 11 heteroatoms. The SMILES string of the molecule is Cc1ccccc1-n1ncc2c(=O)n3c(nc21)SCC3CC(=O)Nc1ccccc1[N+](=O)[O-]. The van der Waals surface area contributed by atoms with Crippen LogP contribution in [0, 0.1) is 17.0 Å². The van der Waals surface area contributed by atoms with E-state index in [9.17, 15) is 19.7 Å². The summed E-state index contributed by atoms with van der Waals surface area (Å²) in [5.41, 5.74) is 1.99. The molecule has 3 heterocycles. The van der Waals surface area contributed by atoms with Crippen LogP contribution in [-0.4, -0.2) is 35.9 Å². The van der Waals surface area contributed by atoms with Gasteiger partial charge in [-0.15, -0.1) is 0 Å². The average Bonchev–Trinajstić information content (AvgIpc) is 3.39. The number of carbonyl (C=O) groups is 1. The predicted molar refractivity (Wildman–Crippen MR) is 124 cm³/mol. The largest absolute Gasteiger partial charge is 0.320 e. The first kappa shape index (κ1) is 20.9. The Morgan fingerprint density at radius 3 is 2.79 bits per heavy atom. The number of aryl methyl sites for hydroxylation is 1. The molecule has 0 saturated carbocycles. The van der Waals surface area contributed by atoms with E-state index < -0.39 is 16.9 Å². The number of benzene rings is 2. The fourth-order valence-electron chi connectivity index (χ4n) is 3.91. The molecular formula is C22H18N6O4S. The first-order valence-electron chi connectivity index (χ1n) is 10.2. The van der Waals surface area contributed by atoms with Crippen LogP contribution in [0.25, 0.3) is 16.7 Å². The number of hydrogen-bond donors (Lipinski definition) is 1. The van der Waals surface area contributed by atoms with Crippen LogP contribution < -0.4 is 10.9 Å². The highest BCUT2D eigenvalue weighted by molar-refractivity contribution is 7.99. The first-order valence-corrected chi connectivity index (χ1v) is 11.1. The van der Waals surface area contributed by atoms with Gasteiger partial charge in [0.2, 0.25) is 5.91 Å². The molecule has 2 aromatic heterocycles. The molecule has 10 nitrogen and oxygen atoms in total. The number of nitrogens with zero attached hydrogens (tertiary/aromatic N) is 5. The van der Waals surface area contributed by atoms with E-state index in [4.69, 9.17) is 0 Å². The first-order chi connectivity index (χ1) is 15.9. The summed E-state index contributed by atoms with van der Waals surface area (Å²) in [6.07, 6.45) is 1.49. The third-order valence-corrected chi connectivity index (χ3v) is 6.61. The summed E-state index contributed by atoms with van der Waals surface area (Å²) in [7, 11) is 0. The van der Waals surface area contributed by atoms with Crippen LogP contribution >= 0.6 is 11.8 Å². The van der Waals surface area contributed by atoms with Crippen LogP contribution in [0.3, 0.4) is 0 Å². The second kappa shape index (κ2) is 8.17. The summed E-state index contributed by atoms with van der Waals surface area (Å²) in [6, 6.07) is 13.2. The lowest BCUT2D eigenvalue weighted by Crippen LogP contribution is -2.27. The fourth-order valence-corrected chi connectivity index (χ4v) is 5.04. The molecule has 166 valence electrons. The smallest absolute Gasteiger partial charge is 0.292 e. The summed E-state index contributed by atoms with van der Waals surface area (Å²) >= 11 is 1.40. The highest BCUT2D eigenvalue weighted by Crippen LogP contribution is 2.34. The van der Waals surface area contributed by atoms with E-state index in [0.29, 0.717) is 21.9 Å². The molecule has 0 saturated heterocycles. The van der Waals surface area contributed by atoms with Gasteiger partial charge in [0.25, 0.3) is 11.2 Å². The minimum Gasteiger partial charge on any atom is -0.320 e. The van der Waals surface area contributed by atoms with Crippen LogP contribution in [0.4, 0.5) is 11.4 Å². The van der Waals surface area contributed by atoms with Gasteiger partial charge in [0.1, 0.15) is 11.1 Å². The minimum absolute atomic E-state index is 0.00886. The lowest BCUT2D eigenvalue weighted by molar-refractivity contribution is -0.383. The topological polar surface area (TPSA) is 125 Å². The van der Waals surface area contributed by atoms with E-state index in [2.05, 4.69) is 15.4 Å². The predicted octanol–water partition coefficient (Wildman–Crippen LogP) is 3.47. The number of carbonyl (C=O) groups excluding carboxylic acids is 1. The zero-order chi connectivity index (χ0) is 23.1. The van der Waals surface area contributed by atoms with E-state index in [0.717, 1.165) is 11.3 Å². The van der Waals surface area contributed by atoms with Crippen molar-refractivity contribution in [2.45, 2.75) is 24.5 Å². The van der Waals surface area contributed by atoms with Gasteiger partial charge in [-0.25, -0.2) is 9.67 Å². The Hall–Kier alpha value is -3.99. The molecule has 1 aliphatic rings. The van der Waals surface area contributed by atoms with E-state index >= 15 is 0 Å². The number of hydrogen-bond acceptors (Lipinski definition) is 7. The maximum atomic E-state index is 13.3. The molecule has 0 aliphatic carbocycles. The highest BCUT2D eigenvalue weighted by atomic mass is 32.2. The van der Waals surface area contributed by atoms with E-state index in [1.54, 1.807) is 10.7 Å². The van der Waals surface area contributed by atoms with Gasteiger partial charge < -0.3 is 5.32 Å². The van der Waals surface area contributed by atoms with Gasteiger partial charge in [0, 0.05) is 18.2 Å². The van der Waals surface area contributed by atoms with Crippen molar-refractivity contribution in [1.82, 2.24) is 19.3 Å². The highest BCUT2D eigenvalue weighted by Gasteiger charge is 2.30. The Bertz CT molecular complexity index is 1480. The number of para-hydroxylation sites is 3. The number of anilines is 1. The zero-order valence-corrected chi connectivity index (χ0v) is 18.3. The Morgan fingerprint density at radius 2 is 2.00 bits per heavy atom. The van der Waals surface area contributed by atoms with E-state index in [1.807, 2.05) is 31.2 Å². The van der Waals surface area contributed by atoms with Gasteiger partial charge in [-0.1, -0.05) is 42.1 Å². The van der Waals surface area contributed by atoms with Crippen LogP contribution in [-0.2, 0) is 4.79 Å². The molecule has 1 unspecified atom stereocenters. The number of thioether (sulfide) groups is 1. The van der Waals surface area contributed by atoms with Crippen molar-refractivity contribution in [1.29, 1.82) is 0 Å². The Balaban J connectivity index is 1.45. The van der Waals surface area contributed by atoms with E-state index in [1.165, 1.54) is 40.7 Å². The standard InChI is InChI=1S/C22H18N6O4S/c1-13-6-2-4-8-17(13)27-20-15(11-23-27)21(30)26-14(12-33-22(26)25-20)10-19(29)24-16-7-3-5-9-18(16)28(31)32/h2-9,11,14H,10,12H2,1H3,(H,24,29). The Labute approximate surface area is 191 Å². The lowest BCUT2D eigenvalue weighted by atomic mass is 10.2. The zero-order valence-electron chi connectivity index (χ0n) is 17.5. The number of fused-ring (bicyclic) bond motifs is 2. The summed E-state index contributed by atoms with van der Waals surface area (Å²) < 4.78 is 3.18. The third kappa shape index (κ3) is 3.65. The third-order valence-electron chi connectivity index (χ3n) is 5.51. The molecular weight excluding hydrogens is 444 g/mol. The van der Waals surface area contributed by atoms with Gasteiger partial charge in [0.15, 0.2) is 10.8 Å². The van der Waals surface area contributed by atoms with E-state index in [-0.39, 0.29) is 23.4 Å². The molecule has 1 amide bonds. The Kier molecular flexibility index (Phi) is 5.17. The maximum absolute atomic E-state index is 13.3. The molecule has 2 aromatic carbocycles. The van der Waals surface area contributed by atoms with Gasteiger partial charge in [-0.2, -0.15) is 5.10 Å². The van der Waals surface area contributed by atoms with Crippen LogP contribution in [0.15, 0.2) is 64.7 Å². The normalized spacial score (nSPS) is 14.9. The number of aromatic nitrogens is 4. The molecule has 33 heavy (non-hydrogen) atoms. The number of nitro groups is 1. The number of nitrogens with one attached hydrogen (secondary N) is 1. The quantitative estimate of drug-likeness (QED) is 0.273. The summed E-state index contributed by atoms with van der Waals surface area (Å²) in [5, 5.41) is 19.1. The van der Waals surface area contributed by atoms with Crippen molar-refractivity contribution in [3.8, 4) is 5.69 Å². The second-order valence-electron chi connectivity index (χ2n) is 7.64. The van der Waals surface area contributed by atoms with Crippen molar-refractivity contribution in [3.63, 3.8) is 0 Å². The van der Waals surface area contributed by atoms with Crippen molar-refractivity contribution >= 4 is 40.1 Å². The average molecular weight is 462 g/mol. The number of nitro benzene ring substituents is 1. The lowest BCUT2D eigenvalue weighted by Gasteiger charge is -2.13. The van der Waals surface area contributed by atoms with Gasteiger partial charge >= 0.3 is 0 Å². The maximum Gasteiger partial charge on any atom is 0.292 e. The van der Waals surface area contributed by atoms with Gasteiger partial charge in [-0.3, -0.25) is 24.3 Å². The monoisotopic (exact) mass is 462 g/mol. The van der Waals surface area contributed by atoms with Crippen molar-refractivity contribution < 1.29 is 9.72 Å². The van der Waals surface area contributed by atoms with Gasteiger partial charge in [0.05, 0.1) is 22.8 Å². The minimum atomic E-state index is -0.548. The van der Waals surface area contributed by atoms with Crippen molar-refractivity contribution in [2.24, 2.45) is 0 Å². The molecule has 0 fully saturated rings. The molecule has 0 spiro atoms. The Morgan fingerprint density at radius 1 is 1.24 bits per heavy atom. The molecule has 0 bridgehead atoms. The van der Waals surface area contributed by atoms with Crippen molar-refractivity contribution in [3.05, 3.63) is 80.8 Å². The molecule has 5 rings (SSSR count). The molecule has 4 aromatic rings. The summed E-state index contributed by atoms with van der Waals surface area (Å²) in [5.74, 6) is 0.0853. The number of rotatable bonds is 5. The summed E-state index contributed by atoms with van der Waals surface area (Å²) in [6.45, 7) is 1.96. The fraction of sp³-hybridized carbons (Fsp3) is 0.182.